The largest absolute Gasteiger partial charge is 0.472 e. The Morgan fingerprint density at radius 2 is 0.466 bits per heavy atom. The van der Waals surface area contributed by atoms with E-state index in [0.29, 0.717) is 31.6 Å². The average molecular weight is 1510 g/mol. The van der Waals surface area contributed by atoms with Crippen LogP contribution in [0, 0.1) is 23.7 Å². The molecule has 0 aliphatic heterocycles. The van der Waals surface area contributed by atoms with Gasteiger partial charge in [-0.1, -0.05) is 383 Å². The van der Waals surface area contributed by atoms with Crippen molar-refractivity contribution >= 4 is 39.5 Å². The van der Waals surface area contributed by atoms with Gasteiger partial charge < -0.3 is 33.8 Å². The molecular formula is C84H164O17P2. The minimum absolute atomic E-state index is 0.106. The zero-order chi connectivity index (χ0) is 76.0. The van der Waals surface area contributed by atoms with Gasteiger partial charge in [0.15, 0.2) is 12.2 Å². The van der Waals surface area contributed by atoms with Gasteiger partial charge in [0.1, 0.15) is 19.3 Å². The lowest BCUT2D eigenvalue weighted by Crippen LogP contribution is -2.30. The molecule has 0 saturated heterocycles. The lowest BCUT2D eigenvalue weighted by Gasteiger charge is -2.21. The Morgan fingerprint density at radius 1 is 0.272 bits per heavy atom. The summed E-state index contributed by atoms with van der Waals surface area (Å²) in [5, 5.41) is 10.7. The van der Waals surface area contributed by atoms with Crippen LogP contribution in [0.2, 0.25) is 0 Å². The summed E-state index contributed by atoms with van der Waals surface area (Å²) < 4.78 is 68.8. The molecule has 0 aromatic carbocycles. The van der Waals surface area contributed by atoms with E-state index in [1.807, 2.05) is 0 Å². The van der Waals surface area contributed by atoms with E-state index in [-0.39, 0.29) is 25.7 Å². The SMILES string of the molecule is CCC(C)CCCCCCCCCCCCCCCCC(=O)O[C@H](COC(=O)CCCCCCCCC(C)C)COP(=O)(O)OC[C@H](O)COP(=O)(O)OC[C@@H](COC(=O)CCCCCCCCCCCCCCCCCCC(C)C)OC(=O)CCCCCCCCCCCCCCCCC(C)C. The third-order valence-corrected chi connectivity index (χ3v) is 21.8. The van der Waals surface area contributed by atoms with Crippen LogP contribution in [0.1, 0.15) is 434 Å². The van der Waals surface area contributed by atoms with E-state index >= 15 is 0 Å². The predicted molar refractivity (Wildman–Crippen MR) is 423 cm³/mol. The number of unbranched alkanes of at least 4 members (excludes halogenated alkanes) is 46. The Balaban J connectivity index is 5.22. The van der Waals surface area contributed by atoms with Crippen molar-refractivity contribution < 1.29 is 80.2 Å². The standard InChI is InChI=1S/C84H164O17P2/c1-9-77(8)63-55-47-38-32-26-20-15-17-23-29-35-41-51-59-67-84(89)101-80(71-95-82(87)65-57-49-43-42-46-54-62-76(6)7)73-99-103(92,93)97-69-78(85)68-96-102(90,91)98-72-79(100-83(88)66-58-50-40-34-28-22-16-14-19-25-31-37-45-53-61-75(4)5)70-94-81(86)64-56-48-39-33-27-21-13-11-10-12-18-24-30-36-44-52-60-74(2)3/h74-80,85H,9-73H2,1-8H3,(H,90,91)(H,92,93)/t77?,78-,79-,80-/m1/s1. The van der Waals surface area contributed by atoms with Crippen molar-refractivity contribution in [2.75, 3.05) is 39.6 Å². The first-order valence-electron chi connectivity index (χ1n) is 43.2. The number of phosphoric ester groups is 2. The Labute approximate surface area is 632 Å². The van der Waals surface area contributed by atoms with Gasteiger partial charge in [-0.25, -0.2) is 9.13 Å². The number of hydrogen-bond acceptors (Lipinski definition) is 15. The van der Waals surface area contributed by atoms with E-state index in [1.54, 1.807) is 0 Å². The Kier molecular flexibility index (Phi) is 71.5. The summed E-state index contributed by atoms with van der Waals surface area (Å²) in [6.45, 7) is 14.3. The molecule has 0 aromatic rings. The second-order valence-corrected chi connectivity index (χ2v) is 34.8. The number of phosphoric acid groups is 2. The average Bonchev–Trinajstić information content (AvgIpc) is 0.914. The maximum Gasteiger partial charge on any atom is 0.472 e. The Morgan fingerprint density at radius 3 is 0.689 bits per heavy atom. The quantitative estimate of drug-likeness (QED) is 0.0222. The number of aliphatic hydroxyl groups excluding tert-OH is 1. The first kappa shape index (κ1) is 101. The second kappa shape index (κ2) is 72.9. The van der Waals surface area contributed by atoms with Crippen LogP contribution in [0.3, 0.4) is 0 Å². The highest BCUT2D eigenvalue weighted by atomic mass is 31.2. The van der Waals surface area contributed by atoms with E-state index in [0.717, 1.165) is 114 Å². The number of carbonyl (C=O) groups is 4. The molecule has 0 bridgehead atoms. The summed E-state index contributed by atoms with van der Waals surface area (Å²) in [5.41, 5.74) is 0. The van der Waals surface area contributed by atoms with Crippen LogP contribution in [-0.4, -0.2) is 96.7 Å². The Hall–Kier alpha value is -1.94. The second-order valence-electron chi connectivity index (χ2n) is 31.9. The number of esters is 4. The van der Waals surface area contributed by atoms with Crippen LogP contribution in [-0.2, 0) is 65.4 Å². The highest BCUT2D eigenvalue weighted by Crippen LogP contribution is 2.45. The molecule has 0 heterocycles. The molecule has 6 atom stereocenters. The van der Waals surface area contributed by atoms with Gasteiger partial charge in [0.05, 0.1) is 26.4 Å². The molecule has 0 rings (SSSR count). The van der Waals surface area contributed by atoms with Crippen molar-refractivity contribution in [1.82, 2.24) is 0 Å². The van der Waals surface area contributed by atoms with Gasteiger partial charge in [-0.15, -0.1) is 0 Å². The molecular weight excluding hydrogens is 1340 g/mol. The van der Waals surface area contributed by atoms with Crippen LogP contribution in [0.15, 0.2) is 0 Å². The van der Waals surface area contributed by atoms with Gasteiger partial charge in [0.25, 0.3) is 0 Å². The first-order chi connectivity index (χ1) is 49.6. The van der Waals surface area contributed by atoms with Gasteiger partial charge in [-0.05, 0) is 49.4 Å². The lowest BCUT2D eigenvalue weighted by atomic mass is 9.99. The molecule has 612 valence electrons. The molecule has 0 spiro atoms. The molecule has 0 aliphatic carbocycles. The van der Waals surface area contributed by atoms with Crippen LogP contribution < -0.4 is 0 Å². The fraction of sp³-hybridized carbons (Fsp3) is 0.952. The molecule has 0 saturated carbocycles. The fourth-order valence-electron chi connectivity index (χ4n) is 12.9. The highest BCUT2D eigenvalue weighted by Gasteiger charge is 2.30. The van der Waals surface area contributed by atoms with Crippen molar-refractivity contribution in [3.63, 3.8) is 0 Å². The zero-order valence-corrected chi connectivity index (χ0v) is 69.7. The van der Waals surface area contributed by atoms with Gasteiger partial charge in [-0.3, -0.25) is 37.3 Å². The Bertz CT molecular complexity index is 2010. The van der Waals surface area contributed by atoms with E-state index < -0.39 is 97.5 Å². The molecule has 0 fully saturated rings. The molecule has 0 aliphatic rings. The summed E-state index contributed by atoms with van der Waals surface area (Å²) in [7, 11) is -9.93. The van der Waals surface area contributed by atoms with Crippen LogP contribution >= 0.6 is 15.6 Å². The summed E-state index contributed by atoms with van der Waals surface area (Å²) in [6, 6.07) is 0. The van der Waals surface area contributed by atoms with Crippen molar-refractivity contribution in [2.45, 2.75) is 453 Å². The van der Waals surface area contributed by atoms with Crippen molar-refractivity contribution in [2.24, 2.45) is 23.7 Å². The molecule has 103 heavy (non-hydrogen) atoms. The number of aliphatic hydroxyl groups is 1. The van der Waals surface area contributed by atoms with Crippen molar-refractivity contribution in [3.05, 3.63) is 0 Å². The van der Waals surface area contributed by atoms with Gasteiger partial charge in [0, 0.05) is 25.7 Å². The van der Waals surface area contributed by atoms with Gasteiger partial charge in [0.2, 0.25) is 0 Å². The van der Waals surface area contributed by atoms with Gasteiger partial charge in [-0.2, -0.15) is 0 Å². The molecule has 0 amide bonds. The van der Waals surface area contributed by atoms with Gasteiger partial charge >= 0.3 is 39.5 Å². The topological polar surface area (TPSA) is 237 Å². The van der Waals surface area contributed by atoms with E-state index in [1.165, 1.54) is 231 Å². The van der Waals surface area contributed by atoms with E-state index in [9.17, 15) is 43.2 Å². The van der Waals surface area contributed by atoms with E-state index in [2.05, 4.69) is 55.4 Å². The summed E-state index contributed by atoms with van der Waals surface area (Å²) >= 11 is 0. The lowest BCUT2D eigenvalue weighted by molar-refractivity contribution is -0.161. The highest BCUT2D eigenvalue weighted by molar-refractivity contribution is 7.47. The maximum absolute atomic E-state index is 13.1. The summed E-state index contributed by atoms with van der Waals surface area (Å²) in [6.07, 6.45) is 61.2. The van der Waals surface area contributed by atoms with Crippen LogP contribution in [0.5, 0.6) is 0 Å². The fourth-order valence-corrected chi connectivity index (χ4v) is 14.5. The molecule has 0 aromatic heterocycles. The minimum Gasteiger partial charge on any atom is -0.462 e. The number of rotatable bonds is 81. The number of ether oxygens (including phenoxy) is 4. The van der Waals surface area contributed by atoms with Crippen LogP contribution in [0.4, 0.5) is 0 Å². The smallest absolute Gasteiger partial charge is 0.462 e. The third-order valence-electron chi connectivity index (χ3n) is 19.9. The molecule has 17 nitrogen and oxygen atoms in total. The summed E-state index contributed by atoms with van der Waals surface area (Å²) in [5.74, 6) is 1.02. The van der Waals surface area contributed by atoms with E-state index in [4.69, 9.17) is 37.0 Å². The first-order valence-corrected chi connectivity index (χ1v) is 46.2. The molecule has 0 radical (unpaired) electrons. The van der Waals surface area contributed by atoms with Crippen molar-refractivity contribution in [1.29, 1.82) is 0 Å². The monoisotopic (exact) mass is 1510 g/mol. The van der Waals surface area contributed by atoms with Crippen LogP contribution in [0.25, 0.3) is 0 Å². The minimum atomic E-state index is -4.96. The van der Waals surface area contributed by atoms with Crippen molar-refractivity contribution in [3.8, 4) is 0 Å². The third kappa shape index (κ3) is 76.6. The maximum atomic E-state index is 13.1. The molecule has 3 N–H and O–H groups in total. The molecule has 3 unspecified atom stereocenters. The predicted octanol–water partition coefficient (Wildman–Crippen LogP) is 25.2. The molecule has 19 heteroatoms. The number of carbonyl (C=O) groups excluding carboxylic acids is 4. The summed E-state index contributed by atoms with van der Waals surface area (Å²) in [4.78, 5) is 73.1. The zero-order valence-electron chi connectivity index (χ0n) is 68.0. The number of hydrogen-bond donors (Lipinski definition) is 3. The normalized spacial score (nSPS) is 14.2.